The molecule has 1 aromatic rings. The van der Waals surface area contributed by atoms with Crippen LogP contribution in [0.5, 0.6) is 0 Å². The fourth-order valence-electron chi connectivity index (χ4n) is 3.35. The highest BCUT2D eigenvalue weighted by Crippen LogP contribution is 2.29. The van der Waals surface area contributed by atoms with E-state index in [4.69, 9.17) is 5.26 Å². The Morgan fingerprint density at radius 3 is 2.55 bits per heavy atom. The average Bonchev–Trinajstić information content (AvgIpc) is 3.17. The lowest BCUT2D eigenvalue weighted by atomic mass is 10.1. The van der Waals surface area contributed by atoms with Gasteiger partial charge in [-0.15, -0.1) is 0 Å². The zero-order valence-electron chi connectivity index (χ0n) is 12.4. The highest BCUT2D eigenvalue weighted by Gasteiger charge is 2.38. The minimum Gasteiger partial charge on any atom is -0.339 e. The van der Waals surface area contributed by atoms with E-state index < -0.39 is 0 Å². The molecule has 0 radical (unpaired) electrons. The smallest absolute Gasteiger partial charge is 0.229 e. The van der Waals surface area contributed by atoms with Crippen LogP contribution in [0.3, 0.4) is 0 Å². The third-order valence-electron chi connectivity index (χ3n) is 4.58. The first-order chi connectivity index (χ1) is 10.7. The molecule has 5 nitrogen and oxygen atoms in total. The Kier molecular flexibility index (Phi) is 4.10. The molecule has 5 heteroatoms. The molecule has 1 atom stereocenters. The van der Waals surface area contributed by atoms with Crippen molar-refractivity contribution in [2.75, 3.05) is 11.9 Å². The van der Waals surface area contributed by atoms with Crippen LogP contribution in [0.4, 0.5) is 5.69 Å². The Morgan fingerprint density at radius 2 is 1.91 bits per heavy atom. The molecule has 1 saturated carbocycles. The number of hydrogen-bond acceptors (Lipinski definition) is 3. The first-order valence-electron chi connectivity index (χ1n) is 7.78. The lowest BCUT2D eigenvalue weighted by molar-refractivity contribution is -0.129. The third-order valence-corrected chi connectivity index (χ3v) is 4.58. The van der Waals surface area contributed by atoms with Crippen molar-refractivity contribution in [1.82, 2.24) is 4.90 Å². The lowest BCUT2D eigenvalue weighted by Gasteiger charge is -2.23. The van der Waals surface area contributed by atoms with Crippen LogP contribution in [-0.4, -0.2) is 29.3 Å². The van der Waals surface area contributed by atoms with Crippen LogP contribution in [0.1, 0.15) is 37.7 Å². The van der Waals surface area contributed by atoms with Gasteiger partial charge in [-0.05, 0) is 37.1 Å². The van der Waals surface area contributed by atoms with Gasteiger partial charge >= 0.3 is 0 Å². The van der Waals surface area contributed by atoms with Crippen molar-refractivity contribution < 1.29 is 9.59 Å². The fourth-order valence-corrected chi connectivity index (χ4v) is 3.35. The van der Waals surface area contributed by atoms with Crippen LogP contribution in [0.15, 0.2) is 24.3 Å². The van der Waals surface area contributed by atoms with Gasteiger partial charge in [-0.25, -0.2) is 0 Å². The number of nitrogens with one attached hydrogen (secondary N) is 1. The predicted molar refractivity (Wildman–Crippen MR) is 81.9 cm³/mol. The number of carbonyl (C=O) groups is 2. The number of likely N-dealkylation sites (tertiary alicyclic amines) is 1. The fraction of sp³-hybridized carbons (Fsp3) is 0.471. The molecular formula is C17H19N3O2. The number of rotatable bonds is 3. The number of carbonyl (C=O) groups excluding carboxylic acids is 2. The molecule has 3 rings (SSSR count). The van der Waals surface area contributed by atoms with Gasteiger partial charge in [-0.1, -0.05) is 12.8 Å². The van der Waals surface area contributed by atoms with Crippen molar-refractivity contribution in [3.63, 3.8) is 0 Å². The summed E-state index contributed by atoms with van der Waals surface area (Å²) in [4.78, 5) is 26.3. The second kappa shape index (κ2) is 6.18. The van der Waals surface area contributed by atoms with Crippen LogP contribution < -0.4 is 5.32 Å². The summed E-state index contributed by atoms with van der Waals surface area (Å²) < 4.78 is 0. The van der Waals surface area contributed by atoms with Gasteiger partial charge < -0.3 is 10.2 Å². The molecule has 0 bridgehead atoms. The largest absolute Gasteiger partial charge is 0.339 e. The first-order valence-corrected chi connectivity index (χ1v) is 7.78. The summed E-state index contributed by atoms with van der Waals surface area (Å²) in [6, 6.07) is 9.13. The normalized spacial score (nSPS) is 21.9. The van der Waals surface area contributed by atoms with E-state index in [0.29, 0.717) is 30.3 Å². The van der Waals surface area contributed by atoms with Crippen LogP contribution in [0.25, 0.3) is 0 Å². The monoisotopic (exact) mass is 297 g/mol. The van der Waals surface area contributed by atoms with Gasteiger partial charge in [0.2, 0.25) is 11.8 Å². The van der Waals surface area contributed by atoms with E-state index in [-0.39, 0.29) is 17.7 Å². The molecule has 0 spiro atoms. The third kappa shape index (κ3) is 2.96. The molecular weight excluding hydrogens is 278 g/mol. The van der Waals surface area contributed by atoms with E-state index >= 15 is 0 Å². The van der Waals surface area contributed by atoms with Gasteiger partial charge in [0.15, 0.2) is 0 Å². The maximum Gasteiger partial charge on any atom is 0.229 e. The van der Waals surface area contributed by atoms with Crippen molar-refractivity contribution in [2.24, 2.45) is 5.92 Å². The second-order valence-corrected chi connectivity index (χ2v) is 6.06. The molecule has 1 aromatic carbocycles. The maximum absolute atomic E-state index is 12.3. The van der Waals surface area contributed by atoms with Crippen molar-refractivity contribution in [3.8, 4) is 6.07 Å². The van der Waals surface area contributed by atoms with E-state index in [9.17, 15) is 9.59 Å². The summed E-state index contributed by atoms with van der Waals surface area (Å²) in [6.07, 6.45) is 4.79. The van der Waals surface area contributed by atoms with Gasteiger partial charge in [0.1, 0.15) is 0 Å². The summed E-state index contributed by atoms with van der Waals surface area (Å²) in [7, 11) is 0. The van der Waals surface area contributed by atoms with E-state index in [1.807, 2.05) is 11.0 Å². The molecule has 1 N–H and O–H groups in total. The van der Waals surface area contributed by atoms with Crippen LogP contribution in [-0.2, 0) is 9.59 Å². The first kappa shape index (κ1) is 14.6. The number of amides is 2. The number of hydrogen-bond donors (Lipinski definition) is 1. The molecule has 1 aliphatic carbocycles. The maximum atomic E-state index is 12.3. The Morgan fingerprint density at radius 1 is 1.23 bits per heavy atom. The summed E-state index contributed by atoms with van der Waals surface area (Å²) in [5.74, 6) is -0.283. The average molecular weight is 297 g/mol. The van der Waals surface area contributed by atoms with Crippen molar-refractivity contribution in [2.45, 2.75) is 38.1 Å². The number of benzene rings is 1. The minimum absolute atomic E-state index is 0.104. The molecule has 0 unspecified atom stereocenters. The molecule has 2 fully saturated rings. The minimum atomic E-state index is -0.274. The van der Waals surface area contributed by atoms with Gasteiger partial charge in [0, 0.05) is 24.7 Å². The molecule has 114 valence electrons. The Bertz CT molecular complexity index is 612. The predicted octanol–water partition coefficient (Wildman–Crippen LogP) is 2.29. The van der Waals surface area contributed by atoms with Gasteiger partial charge in [-0.2, -0.15) is 5.26 Å². The van der Waals surface area contributed by atoms with Gasteiger partial charge in [-0.3, -0.25) is 9.59 Å². The van der Waals surface area contributed by atoms with E-state index in [2.05, 4.69) is 5.32 Å². The van der Waals surface area contributed by atoms with Gasteiger partial charge in [0.25, 0.3) is 0 Å². The molecule has 2 amide bonds. The Balaban J connectivity index is 1.60. The van der Waals surface area contributed by atoms with Gasteiger partial charge in [0.05, 0.1) is 17.6 Å². The van der Waals surface area contributed by atoms with E-state index in [1.54, 1.807) is 24.3 Å². The second-order valence-electron chi connectivity index (χ2n) is 6.06. The number of nitriles is 1. The summed E-state index contributed by atoms with van der Waals surface area (Å²) in [5.41, 5.74) is 1.22. The van der Waals surface area contributed by atoms with Crippen LogP contribution >= 0.6 is 0 Å². The standard InChI is InChI=1S/C17H19N3O2/c18-10-12-5-7-14(8-6-12)19-17(22)13-9-16(21)20(11-13)15-3-1-2-4-15/h5-8,13,15H,1-4,9,11H2,(H,19,22)/t13-/m0/s1. The molecule has 1 saturated heterocycles. The van der Waals surface area contributed by atoms with E-state index in [0.717, 1.165) is 12.8 Å². The highest BCUT2D eigenvalue weighted by atomic mass is 16.2. The number of anilines is 1. The Hall–Kier alpha value is -2.35. The highest BCUT2D eigenvalue weighted by molar-refractivity contribution is 5.97. The molecule has 0 aromatic heterocycles. The SMILES string of the molecule is N#Cc1ccc(NC(=O)[C@H]2CC(=O)N(C3CCCC3)C2)cc1. The summed E-state index contributed by atoms with van der Waals surface area (Å²) >= 11 is 0. The summed E-state index contributed by atoms with van der Waals surface area (Å²) in [5, 5.41) is 11.6. The van der Waals surface area contributed by atoms with Crippen LogP contribution in [0.2, 0.25) is 0 Å². The van der Waals surface area contributed by atoms with Crippen molar-refractivity contribution in [3.05, 3.63) is 29.8 Å². The lowest BCUT2D eigenvalue weighted by Crippen LogP contribution is -2.35. The summed E-state index contributed by atoms with van der Waals surface area (Å²) in [6.45, 7) is 0.533. The van der Waals surface area contributed by atoms with Crippen LogP contribution in [0, 0.1) is 17.2 Å². The topological polar surface area (TPSA) is 73.2 Å². The van der Waals surface area contributed by atoms with E-state index in [1.165, 1.54) is 12.8 Å². The zero-order valence-corrected chi connectivity index (χ0v) is 12.4. The molecule has 1 heterocycles. The quantitative estimate of drug-likeness (QED) is 0.930. The van der Waals surface area contributed by atoms with Crippen molar-refractivity contribution >= 4 is 17.5 Å². The zero-order chi connectivity index (χ0) is 15.5. The molecule has 22 heavy (non-hydrogen) atoms. The molecule has 1 aliphatic heterocycles. The molecule has 2 aliphatic rings. The van der Waals surface area contributed by atoms with Crippen molar-refractivity contribution in [1.29, 1.82) is 5.26 Å². The Labute approximate surface area is 129 Å². The number of nitrogens with zero attached hydrogens (tertiary/aromatic N) is 2.